The van der Waals surface area contributed by atoms with Crippen LogP contribution in [0.4, 0.5) is 0 Å². The van der Waals surface area contributed by atoms with E-state index in [1.807, 2.05) is 0 Å². The Bertz CT molecular complexity index is 719. The summed E-state index contributed by atoms with van der Waals surface area (Å²) in [4.78, 5) is 0. The van der Waals surface area contributed by atoms with Gasteiger partial charge in [-0.2, -0.15) is 0 Å². The number of unbranched alkanes of at least 4 members (excludes halogenated alkanes) is 3. The molecule has 27 heavy (non-hydrogen) atoms. The van der Waals surface area contributed by atoms with E-state index in [0.717, 1.165) is 11.5 Å². The fraction of sp³-hybridized carbons (Fsp3) is 0.250. The van der Waals surface area contributed by atoms with E-state index in [1.54, 1.807) is 0 Å². The Balaban J connectivity index is 2.16. The summed E-state index contributed by atoms with van der Waals surface area (Å²) < 4.78 is 0. The Morgan fingerprint density at radius 3 is 1.26 bits per heavy atom. The molecule has 0 radical (unpaired) electrons. The van der Waals surface area contributed by atoms with Crippen molar-refractivity contribution in [2.45, 2.75) is 25.7 Å². The van der Waals surface area contributed by atoms with Crippen LogP contribution >= 0.6 is 36.7 Å². The van der Waals surface area contributed by atoms with Gasteiger partial charge >= 0.3 is 181 Å². The molecule has 142 valence electrons. The molecule has 0 bridgehead atoms. The molecule has 0 atom stereocenters. The van der Waals surface area contributed by atoms with E-state index in [0.29, 0.717) is 0 Å². The Morgan fingerprint density at radius 2 is 0.889 bits per heavy atom. The van der Waals surface area contributed by atoms with E-state index in [9.17, 15) is 0 Å². The summed E-state index contributed by atoms with van der Waals surface area (Å²) in [6.07, 6.45) is 6.16. The van der Waals surface area contributed by atoms with Gasteiger partial charge in [0.05, 0.1) is 0 Å². The van der Waals surface area contributed by atoms with Gasteiger partial charge < -0.3 is 0 Å². The molecule has 0 spiro atoms. The maximum absolute atomic E-state index is 4.51. The summed E-state index contributed by atoms with van der Waals surface area (Å²) in [6, 6.07) is 33.3. The van der Waals surface area contributed by atoms with Crippen molar-refractivity contribution in [3.8, 4) is 0 Å². The Hall–Kier alpha value is -0.950. The molecule has 3 aromatic rings. The van der Waals surface area contributed by atoms with Gasteiger partial charge in [0.25, 0.3) is 0 Å². The number of hydrogen-bond donors (Lipinski definition) is 0. The standard InChI is InChI=1S/C24H27Br2P/c25-20-12-1-2-13-21-27(26,22-14-6-3-7-15-22,23-16-8-4-9-17-23)24-18-10-5-11-19-24/h3-11,14-19H,1-2,12-13,20-21H2. The van der Waals surface area contributed by atoms with E-state index in [2.05, 4.69) is 122 Å². The van der Waals surface area contributed by atoms with Crippen LogP contribution in [0.5, 0.6) is 0 Å². The van der Waals surface area contributed by atoms with Crippen molar-refractivity contribution in [1.29, 1.82) is 0 Å². The van der Waals surface area contributed by atoms with Crippen molar-refractivity contribution in [2.24, 2.45) is 0 Å². The molecule has 0 fully saturated rings. The maximum atomic E-state index is 4.51. The summed E-state index contributed by atoms with van der Waals surface area (Å²) in [7, 11) is 0. The first-order valence-corrected chi connectivity index (χ1v) is 15.2. The van der Waals surface area contributed by atoms with Gasteiger partial charge in [0, 0.05) is 0 Å². The SMILES string of the molecule is BrCCCCCCP(Br)(c1ccccc1)(c1ccccc1)c1ccccc1. The first-order valence-electron chi connectivity index (χ1n) is 9.66. The first-order chi connectivity index (χ1) is 13.2. The zero-order valence-corrected chi connectivity index (χ0v) is 19.7. The third-order valence-corrected chi connectivity index (χ3v) is 15.9. The van der Waals surface area contributed by atoms with Crippen molar-refractivity contribution in [1.82, 2.24) is 0 Å². The zero-order chi connectivity index (χ0) is 19.0. The molecule has 0 saturated carbocycles. The van der Waals surface area contributed by atoms with Crippen molar-refractivity contribution in [2.75, 3.05) is 11.5 Å². The first kappa shape index (κ1) is 20.8. The van der Waals surface area contributed by atoms with Crippen LogP contribution in [-0.4, -0.2) is 11.5 Å². The molecule has 0 nitrogen and oxygen atoms in total. The average molecular weight is 506 g/mol. The Labute approximate surface area is 180 Å². The van der Waals surface area contributed by atoms with Gasteiger partial charge in [0.15, 0.2) is 0 Å². The normalized spacial score (nSPS) is 13.0. The van der Waals surface area contributed by atoms with Crippen molar-refractivity contribution in [3.63, 3.8) is 0 Å². The molecular formula is C24H27Br2P. The minimum absolute atomic E-state index is 1.10. The van der Waals surface area contributed by atoms with Gasteiger partial charge in [-0.15, -0.1) is 0 Å². The fourth-order valence-corrected chi connectivity index (χ4v) is 12.1. The van der Waals surface area contributed by atoms with E-state index in [4.69, 9.17) is 0 Å². The number of alkyl halides is 1. The molecular weight excluding hydrogens is 479 g/mol. The van der Waals surface area contributed by atoms with Gasteiger partial charge in [-0.05, 0) is 0 Å². The molecule has 0 aliphatic rings. The second-order valence-electron chi connectivity index (χ2n) is 7.02. The van der Waals surface area contributed by atoms with Gasteiger partial charge in [-0.3, -0.25) is 0 Å². The van der Waals surface area contributed by atoms with E-state index < -0.39 is 5.31 Å². The Kier molecular flexibility index (Phi) is 7.31. The third kappa shape index (κ3) is 4.24. The van der Waals surface area contributed by atoms with Crippen LogP contribution < -0.4 is 15.9 Å². The molecule has 0 unspecified atom stereocenters. The molecule has 0 saturated heterocycles. The van der Waals surface area contributed by atoms with E-state index in [-0.39, 0.29) is 0 Å². The van der Waals surface area contributed by atoms with E-state index >= 15 is 0 Å². The summed E-state index contributed by atoms with van der Waals surface area (Å²) in [6.45, 7) is 0. The molecule has 0 amide bonds. The number of hydrogen-bond acceptors (Lipinski definition) is 0. The summed E-state index contributed by atoms with van der Waals surface area (Å²) in [5.41, 5.74) is 0. The molecule has 0 aromatic heterocycles. The topological polar surface area (TPSA) is 0 Å². The predicted molar refractivity (Wildman–Crippen MR) is 131 cm³/mol. The fourth-order valence-electron chi connectivity index (χ4n) is 3.91. The van der Waals surface area contributed by atoms with Crippen LogP contribution in [0.15, 0.2) is 91.0 Å². The molecule has 3 aromatic carbocycles. The van der Waals surface area contributed by atoms with Crippen LogP contribution in [0, 0.1) is 0 Å². The third-order valence-electron chi connectivity index (χ3n) is 5.35. The molecule has 0 N–H and O–H groups in total. The molecule has 0 aliphatic carbocycles. The second kappa shape index (κ2) is 9.50. The Morgan fingerprint density at radius 1 is 0.519 bits per heavy atom. The summed E-state index contributed by atoms with van der Waals surface area (Å²) in [5, 5.41) is 2.66. The second-order valence-corrected chi connectivity index (χ2v) is 16.9. The van der Waals surface area contributed by atoms with Crippen LogP contribution in [0.2, 0.25) is 0 Å². The van der Waals surface area contributed by atoms with Gasteiger partial charge in [0.2, 0.25) is 0 Å². The van der Waals surface area contributed by atoms with Crippen molar-refractivity contribution >= 4 is 52.6 Å². The van der Waals surface area contributed by atoms with Crippen LogP contribution in [0.3, 0.4) is 0 Å². The molecule has 3 heteroatoms. The number of benzene rings is 3. The minimum atomic E-state index is -2.69. The molecule has 3 rings (SSSR count). The monoisotopic (exact) mass is 504 g/mol. The number of rotatable bonds is 9. The quantitative estimate of drug-likeness (QED) is 0.171. The van der Waals surface area contributed by atoms with Crippen LogP contribution in [0.1, 0.15) is 25.7 Å². The molecule has 0 heterocycles. The van der Waals surface area contributed by atoms with Crippen molar-refractivity contribution < 1.29 is 0 Å². The zero-order valence-electron chi connectivity index (χ0n) is 15.6. The predicted octanol–water partition coefficient (Wildman–Crippen LogP) is 6.78. The number of halogens is 2. The van der Waals surface area contributed by atoms with Crippen molar-refractivity contribution in [3.05, 3.63) is 91.0 Å². The van der Waals surface area contributed by atoms with Crippen LogP contribution in [0.25, 0.3) is 0 Å². The van der Waals surface area contributed by atoms with Gasteiger partial charge in [0.1, 0.15) is 0 Å². The van der Waals surface area contributed by atoms with Gasteiger partial charge in [-0.25, -0.2) is 0 Å². The van der Waals surface area contributed by atoms with Gasteiger partial charge in [-0.1, -0.05) is 0 Å². The average Bonchev–Trinajstić information content (AvgIpc) is 2.75. The summed E-state index contributed by atoms with van der Waals surface area (Å²) in [5.74, 6) is 0. The molecule has 0 aliphatic heterocycles. The van der Waals surface area contributed by atoms with E-state index in [1.165, 1.54) is 41.6 Å². The van der Waals surface area contributed by atoms with Crippen LogP contribution in [-0.2, 0) is 0 Å². The summed E-state index contributed by atoms with van der Waals surface area (Å²) >= 11 is 8.07.